The molecule has 0 aromatic heterocycles. The average Bonchev–Trinajstić information content (AvgIpc) is 2.61. The zero-order chi connectivity index (χ0) is 17.4. The number of benzene rings is 1. The number of piperidine rings is 1. The maximum Gasteiger partial charge on any atom is 0.409 e. The minimum atomic E-state index is -0.172. The Morgan fingerprint density at radius 2 is 1.88 bits per heavy atom. The molecule has 6 heteroatoms. The largest absolute Gasteiger partial charge is 0.450 e. The van der Waals surface area contributed by atoms with Crippen molar-refractivity contribution in [3.05, 3.63) is 24.3 Å². The molecule has 24 heavy (non-hydrogen) atoms. The molecule has 1 fully saturated rings. The van der Waals surface area contributed by atoms with E-state index in [0.29, 0.717) is 11.9 Å². The van der Waals surface area contributed by atoms with Crippen LogP contribution in [0.2, 0.25) is 0 Å². The lowest BCUT2D eigenvalue weighted by atomic mass is 10.1. The molecule has 0 bridgehead atoms. The van der Waals surface area contributed by atoms with Crippen molar-refractivity contribution in [3.8, 4) is 0 Å². The minimum Gasteiger partial charge on any atom is -0.450 e. The number of amides is 1. The Morgan fingerprint density at radius 3 is 2.50 bits per heavy atom. The van der Waals surface area contributed by atoms with Gasteiger partial charge in [0.2, 0.25) is 0 Å². The molecule has 0 aliphatic carbocycles. The highest BCUT2D eigenvalue weighted by atomic mass is 32.2. The first-order valence-electron chi connectivity index (χ1n) is 8.77. The third-order valence-corrected chi connectivity index (χ3v) is 6.49. The van der Waals surface area contributed by atoms with E-state index in [0.717, 1.165) is 39.0 Å². The van der Waals surface area contributed by atoms with Crippen LogP contribution in [0, 0.1) is 0 Å². The number of carbonyl (C=O) groups is 1. The van der Waals surface area contributed by atoms with Crippen molar-refractivity contribution < 1.29 is 9.53 Å². The van der Waals surface area contributed by atoms with E-state index in [1.165, 1.54) is 9.79 Å². The van der Waals surface area contributed by atoms with Gasteiger partial charge in [-0.15, -0.1) is 11.8 Å². The lowest BCUT2D eigenvalue weighted by Crippen LogP contribution is -2.41. The van der Waals surface area contributed by atoms with Gasteiger partial charge in [0, 0.05) is 41.2 Å². The Hall–Kier alpha value is -0.850. The SMILES string of the molecule is CCOC(=O)N1CCCC(Sc2ccc(SN(CC)CC)cc2)C1. The number of hydrogen-bond acceptors (Lipinski definition) is 5. The van der Waals surface area contributed by atoms with Crippen LogP contribution >= 0.6 is 23.7 Å². The van der Waals surface area contributed by atoms with Gasteiger partial charge in [0.1, 0.15) is 0 Å². The monoisotopic (exact) mass is 368 g/mol. The highest BCUT2D eigenvalue weighted by Gasteiger charge is 2.25. The van der Waals surface area contributed by atoms with Crippen LogP contribution in [-0.2, 0) is 4.74 Å². The average molecular weight is 369 g/mol. The number of nitrogens with zero attached hydrogens (tertiary/aromatic N) is 2. The predicted octanol–water partition coefficient (Wildman–Crippen LogP) is 4.75. The summed E-state index contributed by atoms with van der Waals surface area (Å²) in [5, 5.41) is 0.449. The van der Waals surface area contributed by atoms with Gasteiger partial charge >= 0.3 is 6.09 Å². The van der Waals surface area contributed by atoms with E-state index in [4.69, 9.17) is 4.74 Å². The van der Waals surface area contributed by atoms with Crippen LogP contribution in [0.5, 0.6) is 0 Å². The van der Waals surface area contributed by atoms with Crippen LogP contribution in [0.15, 0.2) is 34.1 Å². The number of hydrogen-bond donors (Lipinski definition) is 0. The molecule has 1 saturated heterocycles. The van der Waals surface area contributed by atoms with Gasteiger partial charge in [-0.05, 0) is 56.0 Å². The van der Waals surface area contributed by atoms with Crippen molar-refractivity contribution in [2.24, 2.45) is 0 Å². The fourth-order valence-corrected chi connectivity index (χ4v) is 4.72. The molecule has 1 aromatic carbocycles. The summed E-state index contributed by atoms with van der Waals surface area (Å²) in [5.41, 5.74) is 0. The molecule has 134 valence electrons. The van der Waals surface area contributed by atoms with E-state index in [1.54, 1.807) is 0 Å². The van der Waals surface area contributed by atoms with Crippen LogP contribution in [-0.4, -0.2) is 53.3 Å². The molecule has 1 heterocycles. The molecule has 4 nitrogen and oxygen atoms in total. The zero-order valence-corrected chi connectivity index (χ0v) is 16.5. The van der Waals surface area contributed by atoms with Crippen LogP contribution in [0.4, 0.5) is 4.79 Å². The number of carbonyl (C=O) groups excluding carboxylic acids is 1. The van der Waals surface area contributed by atoms with E-state index in [2.05, 4.69) is 42.4 Å². The molecular weight excluding hydrogens is 340 g/mol. The van der Waals surface area contributed by atoms with E-state index in [-0.39, 0.29) is 6.09 Å². The third kappa shape index (κ3) is 5.90. The molecule has 1 aromatic rings. The van der Waals surface area contributed by atoms with Crippen molar-refractivity contribution in [1.82, 2.24) is 9.21 Å². The summed E-state index contributed by atoms with van der Waals surface area (Å²) < 4.78 is 7.46. The Morgan fingerprint density at radius 1 is 1.21 bits per heavy atom. The topological polar surface area (TPSA) is 32.8 Å². The molecular formula is C18H28N2O2S2. The standard InChI is InChI=1S/C18H28N2O2S2/c1-4-20(5-2)24-16-11-9-15(10-12-16)23-17-8-7-13-19(14-17)18(21)22-6-3/h9-12,17H,4-8,13-14H2,1-3H3. The van der Waals surface area contributed by atoms with Crippen molar-refractivity contribution >= 4 is 29.8 Å². The molecule has 0 radical (unpaired) electrons. The van der Waals surface area contributed by atoms with Crippen LogP contribution < -0.4 is 0 Å². The maximum absolute atomic E-state index is 11.9. The summed E-state index contributed by atoms with van der Waals surface area (Å²) in [6.45, 7) is 10.3. The van der Waals surface area contributed by atoms with Crippen molar-refractivity contribution in [2.75, 3.05) is 32.8 Å². The molecule has 1 atom stereocenters. The van der Waals surface area contributed by atoms with Crippen molar-refractivity contribution in [2.45, 2.75) is 48.7 Å². The van der Waals surface area contributed by atoms with Gasteiger partial charge in [0.05, 0.1) is 6.61 Å². The van der Waals surface area contributed by atoms with Gasteiger partial charge in [0.25, 0.3) is 0 Å². The molecule has 1 aliphatic heterocycles. The number of rotatable bonds is 7. The molecule has 0 spiro atoms. The van der Waals surface area contributed by atoms with Gasteiger partial charge in [0.15, 0.2) is 0 Å². The van der Waals surface area contributed by atoms with Gasteiger partial charge in [-0.2, -0.15) is 0 Å². The van der Waals surface area contributed by atoms with Gasteiger partial charge in [-0.3, -0.25) is 0 Å². The van der Waals surface area contributed by atoms with E-state index >= 15 is 0 Å². The zero-order valence-electron chi connectivity index (χ0n) is 14.9. The van der Waals surface area contributed by atoms with E-state index in [9.17, 15) is 4.79 Å². The van der Waals surface area contributed by atoms with Crippen molar-refractivity contribution in [3.63, 3.8) is 0 Å². The third-order valence-electron chi connectivity index (χ3n) is 3.97. The first-order chi connectivity index (χ1) is 11.7. The van der Waals surface area contributed by atoms with E-state index < -0.39 is 0 Å². The summed E-state index contributed by atoms with van der Waals surface area (Å²) in [4.78, 5) is 16.3. The number of thioether (sulfide) groups is 1. The number of ether oxygens (including phenoxy) is 1. The lowest BCUT2D eigenvalue weighted by Gasteiger charge is -2.31. The molecule has 1 aliphatic rings. The van der Waals surface area contributed by atoms with Gasteiger partial charge < -0.3 is 9.64 Å². The Bertz CT molecular complexity index is 506. The fourth-order valence-electron chi connectivity index (χ4n) is 2.69. The second kappa shape index (κ2) is 10.2. The summed E-state index contributed by atoms with van der Waals surface area (Å²) in [7, 11) is 0. The van der Waals surface area contributed by atoms with Crippen LogP contribution in [0.25, 0.3) is 0 Å². The Balaban J connectivity index is 1.87. The molecule has 2 rings (SSSR count). The van der Waals surface area contributed by atoms with Crippen molar-refractivity contribution in [1.29, 1.82) is 0 Å². The van der Waals surface area contributed by atoms with Crippen LogP contribution in [0.1, 0.15) is 33.6 Å². The van der Waals surface area contributed by atoms with Gasteiger partial charge in [-0.1, -0.05) is 13.8 Å². The number of likely N-dealkylation sites (tertiary alicyclic amines) is 1. The molecule has 1 amide bonds. The smallest absolute Gasteiger partial charge is 0.409 e. The first-order valence-corrected chi connectivity index (χ1v) is 10.4. The van der Waals surface area contributed by atoms with Crippen LogP contribution in [0.3, 0.4) is 0 Å². The van der Waals surface area contributed by atoms with E-state index in [1.807, 2.05) is 35.5 Å². The quantitative estimate of drug-likeness (QED) is 0.649. The minimum absolute atomic E-state index is 0.172. The predicted molar refractivity (Wildman–Crippen MR) is 103 cm³/mol. The normalized spacial score (nSPS) is 18.0. The Labute approximate surface area is 154 Å². The lowest BCUT2D eigenvalue weighted by molar-refractivity contribution is 0.101. The summed E-state index contributed by atoms with van der Waals surface area (Å²) in [6, 6.07) is 8.77. The highest BCUT2D eigenvalue weighted by molar-refractivity contribution is 8.00. The second-order valence-corrected chi connectivity index (χ2v) is 8.25. The second-order valence-electron chi connectivity index (χ2n) is 5.70. The summed E-state index contributed by atoms with van der Waals surface area (Å²) >= 11 is 3.68. The fraction of sp³-hybridized carbons (Fsp3) is 0.611. The molecule has 0 saturated carbocycles. The molecule has 0 N–H and O–H groups in total. The highest BCUT2D eigenvalue weighted by Crippen LogP contribution is 2.31. The molecule has 1 unspecified atom stereocenters. The maximum atomic E-state index is 11.9. The van der Waals surface area contributed by atoms with Gasteiger partial charge in [-0.25, -0.2) is 9.10 Å². The Kier molecular flexibility index (Phi) is 8.29. The summed E-state index contributed by atoms with van der Waals surface area (Å²) in [6.07, 6.45) is 2.02. The summed E-state index contributed by atoms with van der Waals surface area (Å²) in [5.74, 6) is 0. The first kappa shape index (κ1) is 19.5.